The lowest BCUT2D eigenvalue weighted by molar-refractivity contribution is -0.143. The minimum absolute atomic E-state index is 0.0164. The number of hydrogen-bond acceptors (Lipinski definition) is 4. The van der Waals surface area contributed by atoms with Gasteiger partial charge in [0.2, 0.25) is 0 Å². The second kappa shape index (κ2) is 10.8. The van der Waals surface area contributed by atoms with Crippen LogP contribution >= 0.6 is 11.6 Å². The first kappa shape index (κ1) is 28.0. The van der Waals surface area contributed by atoms with Crippen LogP contribution in [0, 0.1) is 0 Å². The summed E-state index contributed by atoms with van der Waals surface area (Å²) in [5.74, 6) is -0.191. The molecule has 3 aromatic rings. The minimum atomic E-state index is -4.98. The van der Waals surface area contributed by atoms with Crippen molar-refractivity contribution >= 4 is 23.3 Å². The number of rotatable bonds is 5. The fourth-order valence-corrected chi connectivity index (χ4v) is 5.46. The number of carbonyl (C=O) groups excluding carboxylic acids is 1. The van der Waals surface area contributed by atoms with Crippen LogP contribution in [0.1, 0.15) is 58.0 Å². The molecule has 6 nitrogen and oxygen atoms in total. The molecule has 1 atom stereocenters. The second-order valence-corrected chi connectivity index (χ2v) is 10.1. The van der Waals surface area contributed by atoms with Crippen LogP contribution in [0.3, 0.4) is 0 Å². The van der Waals surface area contributed by atoms with Crippen LogP contribution in [-0.4, -0.2) is 45.4 Å². The van der Waals surface area contributed by atoms with Crippen molar-refractivity contribution in [2.45, 2.75) is 44.2 Å². The topological polar surface area (TPSA) is 54.3 Å². The van der Waals surface area contributed by atoms with E-state index in [1.807, 2.05) is 24.3 Å². The van der Waals surface area contributed by atoms with E-state index in [0.29, 0.717) is 49.6 Å². The van der Waals surface area contributed by atoms with Gasteiger partial charge in [-0.3, -0.25) is 4.79 Å². The standard InChI is InChI=1S/C27H24ClF6N5O/c28-21-8-3-2-7-20(21)22-9-6-12-38(22)25(40)23-24(37-10-4-1-5-11-37)39(36-35-23)16-17-13-18(26(29,30)31)15-19(14-17)27(32,33)34/h1-4,7-8,13-15,22H,5-6,9-12,16H2/t22-/m1/s1. The third kappa shape index (κ3) is 5.67. The van der Waals surface area contributed by atoms with Crippen LogP contribution < -0.4 is 4.90 Å². The summed E-state index contributed by atoms with van der Waals surface area (Å²) in [7, 11) is 0. The molecule has 1 fully saturated rings. The van der Waals surface area contributed by atoms with Gasteiger partial charge in [0.1, 0.15) is 0 Å². The Balaban J connectivity index is 1.54. The van der Waals surface area contributed by atoms with Crippen molar-refractivity contribution in [2.75, 3.05) is 24.5 Å². The molecular weight excluding hydrogens is 560 g/mol. The zero-order valence-electron chi connectivity index (χ0n) is 21.0. The van der Waals surface area contributed by atoms with Gasteiger partial charge in [-0.25, -0.2) is 4.68 Å². The first-order valence-corrected chi connectivity index (χ1v) is 13.0. The van der Waals surface area contributed by atoms with Crippen molar-refractivity contribution in [3.05, 3.63) is 87.6 Å². The Hall–Kier alpha value is -3.54. The van der Waals surface area contributed by atoms with Gasteiger partial charge in [-0.1, -0.05) is 47.2 Å². The van der Waals surface area contributed by atoms with E-state index in [-0.39, 0.29) is 29.2 Å². The minimum Gasteiger partial charge on any atom is -0.351 e. The second-order valence-electron chi connectivity index (χ2n) is 9.72. The number of alkyl halides is 6. The van der Waals surface area contributed by atoms with Crippen molar-refractivity contribution in [1.82, 2.24) is 19.9 Å². The number of benzene rings is 2. The van der Waals surface area contributed by atoms with Gasteiger partial charge in [-0.2, -0.15) is 26.3 Å². The average Bonchev–Trinajstić information content (AvgIpc) is 3.56. The molecule has 0 radical (unpaired) electrons. The van der Waals surface area contributed by atoms with Crippen LogP contribution in [0.15, 0.2) is 54.6 Å². The van der Waals surface area contributed by atoms with Gasteiger partial charge >= 0.3 is 12.4 Å². The lowest BCUT2D eigenvalue weighted by Crippen LogP contribution is -2.35. The fraction of sp³-hybridized carbons (Fsp3) is 0.370. The number of anilines is 1. The molecule has 2 aliphatic heterocycles. The van der Waals surface area contributed by atoms with Gasteiger partial charge in [-0.05, 0) is 54.7 Å². The number of amides is 1. The molecule has 0 saturated carbocycles. The van der Waals surface area contributed by atoms with Gasteiger partial charge in [0.05, 0.1) is 23.7 Å². The molecule has 3 heterocycles. The maximum Gasteiger partial charge on any atom is 0.416 e. The van der Waals surface area contributed by atoms with Crippen molar-refractivity contribution < 1.29 is 31.1 Å². The number of hydrogen-bond donors (Lipinski definition) is 0. The Morgan fingerprint density at radius 3 is 2.30 bits per heavy atom. The Morgan fingerprint density at radius 2 is 1.68 bits per heavy atom. The predicted molar refractivity (Wildman–Crippen MR) is 136 cm³/mol. The highest BCUT2D eigenvalue weighted by molar-refractivity contribution is 6.31. The van der Waals surface area contributed by atoms with E-state index < -0.39 is 35.9 Å². The summed E-state index contributed by atoms with van der Waals surface area (Å²) in [6, 6.07) is 8.30. The molecule has 1 saturated heterocycles. The molecule has 0 unspecified atom stereocenters. The Labute approximate surface area is 230 Å². The first-order chi connectivity index (χ1) is 18.9. The van der Waals surface area contributed by atoms with E-state index in [2.05, 4.69) is 10.3 Å². The quantitative estimate of drug-likeness (QED) is 0.246. The molecule has 1 aromatic heterocycles. The van der Waals surface area contributed by atoms with Crippen LogP contribution in [0.2, 0.25) is 5.02 Å². The summed E-state index contributed by atoms with van der Waals surface area (Å²) >= 11 is 6.41. The summed E-state index contributed by atoms with van der Waals surface area (Å²) in [5, 5.41) is 8.66. The summed E-state index contributed by atoms with van der Waals surface area (Å²) in [6.07, 6.45) is -4.12. The molecule has 212 valence electrons. The normalized spacial score (nSPS) is 18.0. The lowest BCUT2D eigenvalue weighted by Gasteiger charge is -2.29. The van der Waals surface area contributed by atoms with Crippen molar-refractivity contribution in [3.63, 3.8) is 0 Å². The van der Waals surface area contributed by atoms with Gasteiger partial charge in [0.15, 0.2) is 11.5 Å². The zero-order valence-corrected chi connectivity index (χ0v) is 21.8. The number of nitrogens with zero attached hydrogens (tertiary/aromatic N) is 5. The number of aromatic nitrogens is 3. The third-order valence-corrected chi connectivity index (χ3v) is 7.37. The molecular formula is C27H24ClF6N5O. The van der Waals surface area contributed by atoms with E-state index in [9.17, 15) is 31.1 Å². The highest BCUT2D eigenvalue weighted by atomic mass is 35.5. The highest BCUT2D eigenvalue weighted by Crippen LogP contribution is 2.39. The van der Waals surface area contributed by atoms with E-state index >= 15 is 0 Å². The van der Waals surface area contributed by atoms with E-state index in [0.717, 1.165) is 12.0 Å². The first-order valence-electron chi connectivity index (χ1n) is 12.6. The monoisotopic (exact) mass is 583 g/mol. The Kier molecular flexibility index (Phi) is 7.56. The predicted octanol–water partition coefficient (Wildman–Crippen LogP) is 6.76. The van der Waals surface area contributed by atoms with Crippen LogP contribution in [-0.2, 0) is 18.9 Å². The molecule has 0 bridgehead atoms. The highest BCUT2D eigenvalue weighted by Gasteiger charge is 2.38. The number of halogens is 7. The van der Waals surface area contributed by atoms with Crippen molar-refractivity contribution in [3.8, 4) is 0 Å². The van der Waals surface area contributed by atoms with Crippen molar-refractivity contribution in [1.29, 1.82) is 0 Å². The number of carbonyl (C=O) groups is 1. The van der Waals surface area contributed by atoms with E-state index in [1.165, 1.54) is 4.68 Å². The molecule has 2 aliphatic rings. The van der Waals surface area contributed by atoms with Gasteiger partial charge < -0.3 is 9.80 Å². The SMILES string of the molecule is O=C(c1nnn(Cc2cc(C(F)(F)F)cc(C(F)(F)F)c2)c1N1CC=CCC1)N1CCC[C@@H]1c1ccccc1Cl. The van der Waals surface area contributed by atoms with Gasteiger partial charge in [-0.15, -0.1) is 5.10 Å². The average molecular weight is 584 g/mol. The van der Waals surface area contributed by atoms with Crippen LogP contribution in [0.25, 0.3) is 0 Å². The molecule has 0 aliphatic carbocycles. The van der Waals surface area contributed by atoms with E-state index in [1.54, 1.807) is 21.9 Å². The molecule has 5 rings (SSSR count). The van der Waals surface area contributed by atoms with Crippen LogP contribution in [0.4, 0.5) is 32.2 Å². The van der Waals surface area contributed by atoms with Crippen LogP contribution in [0.5, 0.6) is 0 Å². The number of likely N-dealkylation sites (tertiary alicyclic amines) is 1. The molecule has 40 heavy (non-hydrogen) atoms. The Bertz CT molecular complexity index is 1400. The van der Waals surface area contributed by atoms with E-state index in [4.69, 9.17) is 11.6 Å². The molecule has 13 heteroatoms. The summed E-state index contributed by atoms with van der Waals surface area (Å²) in [5.41, 5.74) is -2.34. The maximum atomic E-state index is 13.9. The summed E-state index contributed by atoms with van der Waals surface area (Å²) in [4.78, 5) is 17.3. The maximum absolute atomic E-state index is 13.9. The summed E-state index contributed by atoms with van der Waals surface area (Å²) in [6.45, 7) is 0.826. The van der Waals surface area contributed by atoms with Gasteiger partial charge in [0.25, 0.3) is 5.91 Å². The van der Waals surface area contributed by atoms with Crippen molar-refractivity contribution in [2.24, 2.45) is 0 Å². The van der Waals surface area contributed by atoms with Gasteiger partial charge in [0, 0.05) is 24.7 Å². The largest absolute Gasteiger partial charge is 0.416 e. The fourth-order valence-electron chi connectivity index (χ4n) is 5.20. The smallest absolute Gasteiger partial charge is 0.351 e. The summed E-state index contributed by atoms with van der Waals surface area (Å²) < 4.78 is 81.9. The molecule has 2 aromatic carbocycles. The molecule has 1 amide bonds. The molecule has 0 spiro atoms. The Morgan fingerprint density at radius 1 is 0.975 bits per heavy atom. The lowest BCUT2D eigenvalue weighted by atomic mass is 10.0. The molecule has 0 N–H and O–H groups in total. The third-order valence-electron chi connectivity index (χ3n) is 7.03. The zero-order chi connectivity index (χ0) is 28.7.